The monoisotopic (exact) mass is 495 g/mol. The first-order valence-electron chi connectivity index (χ1n) is 11.6. The van der Waals surface area contributed by atoms with Gasteiger partial charge in [0, 0.05) is 61.0 Å². The first-order chi connectivity index (χ1) is 16.7. The second-order valence-electron chi connectivity index (χ2n) is 10.1. The molecule has 0 radical (unpaired) electrons. The molecule has 4 N–H and O–H groups in total. The van der Waals surface area contributed by atoms with Gasteiger partial charge in [-0.05, 0) is 44.6 Å². The summed E-state index contributed by atoms with van der Waals surface area (Å²) in [5, 5.41) is 13.9. The van der Waals surface area contributed by atoms with E-state index in [4.69, 9.17) is 10.5 Å². The van der Waals surface area contributed by atoms with E-state index in [1.807, 2.05) is 31.0 Å². The minimum Gasteiger partial charge on any atom is -0.461 e. The normalized spacial score (nSPS) is 21.7. The molecule has 12 heteroatoms. The highest BCUT2D eigenvalue weighted by Crippen LogP contribution is 2.42. The van der Waals surface area contributed by atoms with Gasteiger partial charge in [0.05, 0.1) is 11.3 Å². The van der Waals surface area contributed by atoms with Crippen LogP contribution in [0.25, 0.3) is 11.0 Å². The third-order valence-electron chi connectivity index (χ3n) is 6.79. The Morgan fingerprint density at radius 1 is 1.43 bits per heavy atom. The van der Waals surface area contributed by atoms with E-state index >= 15 is 0 Å². The van der Waals surface area contributed by atoms with E-state index < -0.39 is 5.54 Å². The number of hydrogen-bond acceptors (Lipinski definition) is 9. The number of carbonyl (C=O) groups is 1. The number of fused-ring (bicyclic) bond motifs is 2. The molecule has 35 heavy (non-hydrogen) atoms. The van der Waals surface area contributed by atoms with Crippen molar-refractivity contribution in [2.45, 2.75) is 38.3 Å². The number of pyridine rings is 1. The number of H-pyrrole nitrogens is 1. The van der Waals surface area contributed by atoms with Gasteiger partial charge in [-0.15, -0.1) is 4.37 Å². The predicted octanol–water partition coefficient (Wildman–Crippen LogP) is 2.78. The van der Waals surface area contributed by atoms with Crippen LogP contribution in [0.1, 0.15) is 32.3 Å². The molecule has 4 heterocycles. The van der Waals surface area contributed by atoms with Crippen LogP contribution in [0.2, 0.25) is 0 Å². The van der Waals surface area contributed by atoms with Crippen molar-refractivity contribution in [3.63, 3.8) is 0 Å². The Bertz CT molecular complexity index is 1260. The number of nitriles is 1. The van der Waals surface area contributed by atoms with Gasteiger partial charge >= 0.3 is 12.0 Å². The highest BCUT2D eigenvalue weighted by atomic mass is 32.1. The lowest BCUT2D eigenvalue weighted by molar-refractivity contribution is 0.218. The summed E-state index contributed by atoms with van der Waals surface area (Å²) in [6.07, 6.45) is 5.42. The molecule has 2 amide bonds. The molecule has 0 aromatic carbocycles. The third-order valence-corrected chi connectivity index (χ3v) is 7.40. The number of nitrogens with two attached hydrogens (primary N) is 1. The Hall–Kier alpha value is -3.43. The molecule has 2 atom stereocenters. The Balaban J connectivity index is 1.19. The van der Waals surface area contributed by atoms with Crippen molar-refractivity contribution in [3.05, 3.63) is 24.0 Å². The van der Waals surface area contributed by atoms with Crippen LogP contribution < -0.4 is 20.7 Å². The van der Waals surface area contributed by atoms with Crippen LogP contribution in [0.3, 0.4) is 0 Å². The van der Waals surface area contributed by atoms with Crippen LogP contribution in [0.15, 0.2) is 18.5 Å². The van der Waals surface area contributed by atoms with E-state index in [2.05, 4.69) is 42.7 Å². The van der Waals surface area contributed by atoms with Gasteiger partial charge in [-0.3, -0.25) is 5.32 Å². The fourth-order valence-corrected chi connectivity index (χ4v) is 5.64. The Morgan fingerprint density at radius 3 is 2.86 bits per heavy atom. The van der Waals surface area contributed by atoms with E-state index in [1.54, 1.807) is 6.20 Å². The molecule has 184 valence electrons. The lowest BCUT2D eigenvalue weighted by Gasteiger charge is -2.29. The van der Waals surface area contributed by atoms with Crippen molar-refractivity contribution < 1.29 is 9.53 Å². The number of nitrogens with one attached hydrogen (secondary N) is 2. The number of likely N-dealkylation sites (tertiary alicyclic amines) is 1. The van der Waals surface area contributed by atoms with Crippen molar-refractivity contribution in [2.75, 3.05) is 37.0 Å². The lowest BCUT2D eigenvalue weighted by atomic mass is 10.0. The van der Waals surface area contributed by atoms with E-state index in [0.29, 0.717) is 41.7 Å². The molecular formula is C23H29N9O2S. The quantitative estimate of drug-likeness (QED) is 0.473. The molecular weight excluding hydrogens is 466 g/mol. The zero-order chi connectivity index (χ0) is 24.7. The number of rotatable bonds is 6. The van der Waals surface area contributed by atoms with Gasteiger partial charge in [-0.1, -0.05) is 0 Å². The molecule has 1 saturated heterocycles. The maximum Gasteiger partial charge on any atom is 0.330 e. The molecule has 1 aliphatic carbocycles. The number of ether oxygens (including phenoxy) is 1. The zero-order valence-corrected chi connectivity index (χ0v) is 20.8. The zero-order valence-electron chi connectivity index (χ0n) is 20.0. The van der Waals surface area contributed by atoms with E-state index in [0.717, 1.165) is 41.1 Å². The van der Waals surface area contributed by atoms with Gasteiger partial charge in [0.1, 0.15) is 18.3 Å². The summed E-state index contributed by atoms with van der Waals surface area (Å²) < 4.78 is 9.63. The maximum atomic E-state index is 12.8. The summed E-state index contributed by atoms with van der Waals surface area (Å²) >= 11 is 1.09. The van der Waals surface area contributed by atoms with E-state index in [9.17, 15) is 10.1 Å². The van der Waals surface area contributed by atoms with E-state index in [1.165, 1.54) is 0 Å². The van der Waals surface area contributed by atoms with Crippen LogP contribution in [0, 0.1) is 23.2 Å². The van der Waals surface area contributed by atoms with Crippen LogP contribution in [0.5, 0.6) is 6.01 Å². The van der Waals surface area contributed by atoms with Crippen LogP contribution in [-0.2, 0) is 0 Å². The van der Waals surface area contributed by atoms with Crippen LogP contribution >= 0.6 is 11.5 Å². The molecule has 2 aliphatic rings. The predicted molar refractivity (Wildman–Crippen MR) is 133 cm³/mol. The van der Waals surface area contributed by atoms with Gasteiger partial charge in [-0.2, -0.15) is 10.2 Å². The molecule has 3 aromatic heterocycles. The topological polar surface area (TPSA) is 149 Å². The molecule has 2 unspecified atom stereocenters. The Morgan fingerprint density at radius 2 is 2.17 bits per heavy atom. The summed E-state index contributed by atoms with van der Waals surface area (Å²) in [7, 11) is 2.06. The van der Waals surface area contributed by atoms with Crippen molar-refractivity contribution in [1.82, 2.24) is 24.2 Å². The summed E-state index contributed by atoms with van der Waals surface area (Å²) in [6, 6.07) is 4.62. The van der Waals surface area contributed by atoms with Crippen molar-refractivity contribution in [2.24, 2.45) is 17.6 Å². The number of urea groups is 1. The van der Waals surface area contributed by atoms with E-state index in [-0.39, 0.29) is 18.6 Å². The molecule has 2 fully saturated rings. The third kappa shape index (κ3) is 4.74. The number of carbonyl (C=O) groups excluding carboxylic acids is 1. The lowest BCUT2D eigenvalue weighted by Crippen LogP contribution is -2.38. The van der Waals surface area contributed by atoms with Crippen molar-refractivity contribution >= 4 is 39.4 Å². The minimum absolute atomic E-state index is 0.166. The first-order valence-corrected chi connectivity index (χ1v) is 12.4. The number of aromatic amines is 1. The Labute approximate surface area is 207 Å². The maximum absolute atomic E-state index is 12.8. The fourth-order valence-electron chi connectivity index (χ4n) is 5.13. The summed E-state index contributed by atoms with van der Waals surface area (Å²) in [4.78, 5) is 28.6. The molecule has 5 rings (SSSR count). The van der Waals surface area contributed by atoms with Gasteiger partial charge in [0.25, 0.3) is 0 Å². The molecule has 1 saturated carbocycles. The van der Waals surface area contributed by atoms with Gasteiger partial charge < -0.3 is 25.3 Å². The molecule has 0 bridgehead atoms. The summed E-state index contributed by atoms with van der Waals surface area (Å²) in [6.45, 7) is 5.40. The molecule has 1 aliphatic heterocycles. The molecule has 0 spiro atoms. The Kier molecular flexibility index (Phi) is 5.98. The SMILES string of the molecule is CN(c1c(C#N)cnc2[nH]ccc12)C1CC2CN(C(=O)Nc3nc(OCC(C)(C)N)ns3)CC2C1. The van der Waals surface area contributed by atoms with Crippen LogP contribution in [0.4, 0.5) is 15.6 Å². The average molecular weight is 496 g/mol. The number of anilines is 2. The molecule has 3 aromatic rings. The van der Waals surface area contributed by atoms with Gasteiger partial charge in [-0.25, -0.2) is 9.78 Å². The van der Waals surface area contributed by atoms with Gasteiger partial charge in [0.2, 0.25) is 5.13 Å². The average Bonchev–Trinajstić information content (AvgIpc) is 3.59. The smallest absolute Gasteiger partial charge is 0.330 e. The van der Waals surface area contributed by atoms with Gasteiger partial charge in [0.15, 0.2) is 0 Å². The number of nitrogens with zero attached hydrogens (tertiary/aromatic N) is 6. The highest BCUT2D eigenvalue weighted by Gasteiger charge is 2.44. The second kappa shape index (κ2) is 8.98. The fraction of sp³-hybridized carbons (Fsp3) is 0.522. The minimum atomic E-state index is -0.491. The van der Waals surface area contributed by atoms with Crippen molar-refractivity contribution in [3.8, 4) is 12.1 Å². The van der Waals surface area contributed by atoms with Crippen molar-refractivity contribution in [1.29, 1.82) is 5.26 Å². The second-order valence-corrected chi connectivity index (χ2v) is 10.9. The van der Waals surface area contributed by atoms with Crippen LogP contribution in [-0.4, -0.2) is 68.6 Å². The largest absolute Gasteiger partial charge is 0.461 e. The molecule has 11 nitrogen and oxygen atoms in total. The standard InChI is InChI=1S/C23H29N9O2S/c1-23(2,25)12-34-20-28-21(35-30-20)29-22(33)32-10-13-6-16(7-14(13)11-32)31(3)18-15(8-24)9-27-19-17(18)4-5-26-19/h4-5,9,13-14,16H,6-7,10-12,25H2,1-3H3,(H,26,27)(H,28,29,30,33). The number of hydrogen-bond donors (Lipinski definition) is 3. The highest BCUT2D eigenvalue weighted by molar-refractivity contribution is 7.10. The number of amides is 2. The first kappa shape index (κ1) is 23.3. The summed E-state index contributed by atoms with van der Waals surface area (Å²) in [5.41, 5.74) is 7.71. The summed E-state index contributed by atoms with van der Waals surface area (Å²) in [5.74, 6) is 0.838. The number of aromatic nitrogens is 4.